The Balaban J connectivity index is 3.67. The van der Waals surface area contributed by atoms with Gasteiger partial charge in [-0.1, -0.05) is 13.8 Å². The molecule has 0 aliphatic heterocycles. The van der Waals surface area contributed by atoms with Crippen molar-refractivity contribution in [3.63, 3.8) is 0 Å². The molecule has 0 amide bonds. The fraction of sp³-hybridized carbons (Fsp3) is 0.778. The highest BCUT2D eigenvalue weighted by molar-refractivity contribution is 4.94. The molecule has 0 saturated heterocycles. The zero-order valence-electron chi connectivity index (χ0n) is 6.93. The van der Waals surface area contributed by atoms with Crippen molar-refractivity contribution in [1.82, 2.24) is 0 Å². The van der Waals surface area contributed by atoms with Gasteiger partial charge in [0, 0.05) is 5.92 Å². The zero-order valence-corrected chi connectivity index (χ0v) is 6.93. The molecule has 0 spiro atoms. The molecular formula is C9H17N. The molecule has 58 valence electrons. The maximum atomic E-state index is 5.41. The van der Waals surface area contributed by atoms with Gasteiger partial charge in [-0.3, -0.25) is 0 Å². The minimum absolute atomic E-state index is 0.420. The molecule has 0 aliphatic rings. The van der Waals surface area contributed by atoms with Crippen molar-refractivity contribution in [2.24, 2.45) is 17.6 Å². The fourth-order valence-corrected chi connectivity index (χ4v) is 1.15. The number of hydrogen-bond donors (Lipinski definition) is 1. The van der Waals surface area contributed by atoms with Crippen LogP contribution in [-0.4, -0.2) is 6.54 Å². The maximum Gasteiger partial charge on any atom is 0.0223 e. The summed E-state index contributed by atoms with van der Waals surface area (Å²) < 4.78 is 0. The lowest BCUT2D eigenvalue weighted by Gasteiger charge is -2.15. The molecule has 0 saturated carbocycles. The van der Waals surface area contributed by atoms with Crippen LogP contribution in [0, 0.1) is 24.2 Å². The van der Waals surface area contributed by atoms with E-state index in [-0.39, 0.29) is 0 Å². The Morgan fingerprint density at radius 1 is 1.60 bits per heavy atom. The maximum absolute atomic E-state index is 5.41. The van der Waals surface area contributed by atoms with Crippen molar-refractivity contribution in [3.8, 4) is 12.3 Å². The predicted octanol–water partition coefficient (Wildman–Crippen LogP) is 1.63. The molecule has 2 atom stereocenters. The molecule has 0 aromatic heterocycles. The van der Waals surface area contributed by atoms with Gasteiger partial charge in [-0.15, -0.1) is 12.3 Å². The summed E-state index contributed by atoms with van der Waals surface area (Å²) >= 11 is 0. The van der Waals surface area contributed by atoms with E-state index in [1.165, 1.54) is 0 Å². The highest BCUT2D eigenvalue weighted by atomic mass is 14.5. The Hall–Kier alpha value is -0.480. The Kier molecular flexibility index (Phi) is 5.06. The third-order valence-electron chi connectivity index (χ3n) is 1.96. The van der Waals surface area contributed by atoms with Gasteiger partial charge in [-0.25, -0.2) is 0 Å². The van der Waals surface area contributed by atoms with Gasteiger partial charge in [-0.05, 0) is 25.3 Å². The second-order valence-electron chi connectivity index (χ2n) is 2.74. The Labute approximate surface area is 64.0 Å². The quantitative estimate of drug-likeness (QED) is 0.589. The minimum Gasteiger partial charge on any atom is -0.330 e. The molecule has 2 unspecified atom stereocenters. The third kappa shape index (κ3) is 2.89. The molecule has 0 bridgehead atoms. The topological polar surface area (TPSA) is 26.0 Å². The van der Waals surface area contributed by atoms with Crippen LogP contribution in [-0.2, 0) is 0 Å². The van der Waals surface area contributed by atoms with Gasteiger partial charge < -0.3 is 5.73 Å². The largest absolute Gasteiger partial charge is 0.330 e. The monoisotopic (exact) mass is 139 g/mol. The summed E-state index contributed by atoms with van der Waals surface area (Å²) in [5.74, 6) is 3.78. The van der Waals surface area contributed by atoms with E-state index in [9.17, 15) is 0 Å². The number of rotatable bonds is 4. The average molecular weight is 139 g/mol. The molecule has 0 aromatic carbocycles. The van der Waals surface area contributed by atoms with Gasteiger partial charge in [0.15, 0.2) is 0 Å². The summed E-state index contributed by atoms with van der Waals surface area (Å²) in [6.45, 7) is 5.04. The number of terminal acetylenes is 1. The SMILES string of the molecule is C#CC(CC)C(C)CCN. The summed E-state index contributed by atoms with van der Waals surface area (Å²) in [5, 5.41) is 0. The van der Waals surface area contributed by atoms with Crippen LogP contribution in [0.3, 0.4) is 0 Å². The number of nitrogens with two attached hydrogens (primary N) is 1. The van der Waals surface area contributed by atoms with E-state index in [0.717, 1.165) is 19.4 Å². The first-order valence-corrected chi connectivity index (χ1v) is 3.92. The van der Waals surface area contributed by atoms with E-state index in [1.54, 1.807) is 0 Å². The normalized spacial score (nSPS) is 15.8. The molecule has 0 fully saturated rings. The van der Waals surface area contributed by atoms with Crippen molar-refractivity contribution in [1.29, 1.82) is 0 Å². The van der Waals surface area contributed by atoms with Crippen molar-refractivity contribution in [2.45, 2.75) is 26.7 Å². The standard InChI is InChI=1S/C9H17N/c1-4-9(5-2)8(3)6-7-10/h1,8-9H,5-7,10H2,2-3H3. The molecule has 10 heavy (non-hydrogen) atoms. The van der Waals surface area contributed by atoms with Crippen LogP contribution in [0.4, 0.5) is 0 Å². The molecule has 2 N–H and O–H groups in total. The van der Waals surface area contributed by atoms with Crippen LogP contribution >= 0.6 is 0 Å². The second kappa shape index (κ2) is 5.32. The zero-order chi connectivity index (χ0) is 7.98. The van der Waals surface area contributed by atoms with Gasteiger partial charge in [0.25, 0.3) is 0 Å². The Morgan fingerprint density at radius 2 is 2.20 bits per heavy atom. The Morgan fingerprint density at radius 3 is 2.50 bits per heavy atom. The van der Waals surface area contributed by atoms with Crippen LogP contribution in [0.5, 0.6) is 0 Å². The second-order valence-corrected chi connectivity index (χ2v) is 2.74. The van der Waals surface area contributed by atoms with Gasteiger partial charge in [-0.2, -0.15) is 0 Å². The summed E-state index contributed by atoms with van der Waals surface area (Å²) in [6.07, 6.45) is 7.44. The van der Waals surface area contributed by atoms with E-state index in [1.807, 2.05) is 0 Å². The van der Waals surface area contributed by atoms with Gasteiger partial charge in [0.1, 0.15) is 0 Å². The van der Waals surface area contributed by atoms with E-state index in [4.69, 9.17) is 12.2 Å². The predicted molar refractivity (Wildman–Crippen MR) is 45.4 cm³/mol. The van der Waals surface area contributed by atoms with E-state index < -0.39 is 0 Å². The van der Waals surface area contributed by atoms with E-state index in [0.29, 0.717) is 11.8 Å². The van der Waals surface area contributed by atoms with Crippen LogP contribution in [0.25, 0.3) is 0 Å². The van der Waals surface area contributed by atoms with Crippen LogP contribution in [0.1, 0.15) is 26.7 Å². The molecule has 0 aliphatic carbocycles. The van der Waals surface area contributed by atoms with E-state index in [2.05, 4.69) is 19.8 Å². The summed E-state index contributed by atoms with van der Waals surface area (Å²) in [5.41, 5.74) is 5.41. The summed E-state index contributed by atoms with van der Waals surface area (Å²) in [6, 6.07) is 0. The summed E-state index contributed by atoms with van der Waals surface area (Å²) in [4.78, 5) is 0. The van der Waals surface area contributed by atoms with Crippen LogP contribution < -0.4 is 5.73 Å². The minimum atomic E-state index is 0.420. The molecule has 1 heteroatoms. The van der Waals surface area contributed by atoms with Crippen molar-refractivity contribution < 1.29 is 0 Å². The van der Waals surface area contributed by atoms with Gasteiger partial charge in [0.2, 0.25) is 0 Å². The molecular weight excluding hydrogens is 122 g/mol. The first-order valence-electron chi connectivity index (χ1n) is 3.92. The molecule has 0 radical (unpaired) electrons. The van der Waals surface area contributed by atoms with Crippen molar-refractivity contribution in [3.05, 3.63) is 0 Å². The van der Waals surface area contributed by atoms with E-state index >= 15 is 0 Å². The highest BCUT2D eigenvalue weighted by Gasteiger charge is 2.10. The molecule has 0 rings (SSSR count). The van der Waals surface area contributed by atoms with Crippen LogP contribution in [0.2, 0.25) is 0 Å². The third-order valence-corrected chi connectivity index (χ3v) is 1.96. The van der Waals surface area contributed by atoms with Crippen molar-refractivity contribution >= 4 is 0 Å². The number of hydrogen-bond acceptors (Lipinski definition) is 1. The molecule has 0 heterocycles. The fourth-order valence-electron chi connectivity index (χ4n) is 1.15. The van der Waals surface area contributed by atoms with Gasteiger partial charge in [0.05, 0.1) is 0 Å². The Bertz CT molecular complexity index is 112. The first kappa shape index (κ1) is 9.52. The average Bonchev–Trinajstić information content (AvgIpc) is 1.91. The van der Waals surface area contributed by atoms with Crippen LogP contribution in [0.15, 0.2) is 0 Å². The lowest BCUT2D eigenvalue weighted by molar-refractivity contribution is 0.409. The lowest BCUT2D eigenvalue weighted by atomic mass is 9.90. The van der Waals surface area contributed by atoms with Crippen molar-refractivity contribution in [2.75, 3.05) is 6.54 Å². The molecule has 0 aromatic rings. The van der Waals surface area contributed by atoms with Gasteiger partial charge >= 0.3 is 0 Å². The molecule has 1 nitrogen and oxygen atoms in total. The smallest absolute Gasteiger partial charge is 0.0223 e. The lowest BCUT2D eigenvalue weighted by Crippen LogP contribution is -2.13. The summed E-state index contributed by atoms with van der Waals surface area (Å²) in [7, 11) is 0. The first-order chi connectivity index (χ1) is 4.76. The highest BCUT2D eigenvalue weighted by Crippen LogP contribution is 2.16.